The number of aromatic nitrogens is 4. The van der Waals surface area contributed by atoms with Crippen LogP contribution in [0.4, 0.5) is 0 Å². The number of pyridine rings is 1. The van der Waals surface area contributed by atoms with Crippen molar-refractivity contribution in [2.24, 2.45) is 0 Å². The molecule has 0 saturated carbocycles. The molecule has 0 atom stereocenters. The van der Waals surface area contributed by atoms with Gasteiger partial charge in [-0.25, -0.2) is 4.98 Å². The van der Waals surface area contributed by atoms with Gasteiger partial charge in [-0.05, 0) is 42.3 Å². The molecule has 0 saturated heterocycles. The monoisotopic (exact) mass is 399 g/mol. The van der Waals surface area contributed by atoms with Gasteiger partial charge in [-0.15, -0.1) is 0 Å². The molecule has 0 bridgehead atoms. The van der Waals surface area contributed by atoms with Crippen molar-refractivity contribution in [3.63, 3.8) is 0 Å². The summed E-state index contributed by atoms with van der Waals surface area (Å²) >= 11 is 0. The Balaban J connectivity index is 1.20. The number of hydrogen-bond donors (Lipinski definition) is 2. The van der Waals surface area contributed by atoms with Crippen molar-refractivity contribution >= 4 is 16.6 Å². The molecule has 1 aromatic carbocycles. The van der Waals surface area contributed by atoms with Crippen LogP contribution in [0.5, 0.6) is 11.5 Å². The first-order valence-electron chi connectivity index (χ1n) is 10.1. The van der Waals surface area contributed by atoms with E-state index >= 15 is 0 Å². The number of benzene rings is 1. The molecule has 6 rings (SSSR count). The molecule has 0 radical (unpaired) electrons. The first kappa shape index (κ1) is 17.3. The third kappa shape index (κ3) is 2.95. The normalized spacial score (nSPS) is 16.2. The van der Waals surface area contributed by atoms with E-state index in [1.54, 1.807) is 0 Å². The zero-order valence-electron chi connectivity index (χ0n) is 16.4. The predicted octanol–water partition coefficient (Wildman–Crippen LogP) is 3.97. The Morgan fingerprint density at radius 2 is 2.10 bits per heavy atom. The van der Waals surface area contributed by atoms with Crippen LogP contribution in [0.15, 0.2) is 55.0 Å². The Labute approximate surface area is 173 Å². The maximum atomic E-state index is 5.52. The molecule has 7 heteroatoms. The molecular weight excluding hydrogens is 378 g/mol. The fourth-order valence-corrected chi connectivity index (χ4v) is 4.29. The summed E-state index contributed by atoms with van der Waals surface area (Å²) in [6.07, 6.45) is 9.16. The van der Waals surface area contributed by atoms with Crippen LogP contribution >= 0.6 is 0 Å². The van der Waals surface area contributed by atoms with E-state index in [2.05, 4.69) is 43.4 Å². The van der Waals surface area contributed by atoms with Crippen molar-refractivity contribution in [3.8, 4) is 22.8 Å². The van der Waals surface area contributed by atoms with E-state index in [-0.39, 0.29) is 6.79 Å². The highest BCUT2D eigenvalue weighted by atomic mass is 16.7. The van der Waals surface area contributed by atoms with E-state index in [4.69, 9.17) is 9.47 Å². The highest BCUT2D eigenvalue weighted by molar-refractivity contribution is 5.90. The lowest BCUT2D eigenvalue weighted by atomic mass is 9.99. The average Bonchev–Trinajstić information content (AvgIpc) is 3.53. The molecule has 2 aliphatic heterocycles. The van der Waals surface area contributed by atoms with Gasteiger partial charge >= 0.3 is 0 Å². The van der Waals surface area contributed by atoms with Crippen LogP contribution in [0.3, 0.4) is 0 Å². The van der Waals surface area contributed by atoms with Gasteiger partial charge in [0, 0.05) is 54.1 Å². The number of rotatable bonds is 4. The predicted molar refractivity (Wildman–Crippen MR) is 114 cm³/mol. The molecule has 2 aliphatic rings. The van der Waals surface area contributed by atoms with E-state index in [1.165, 1.54) is 22.1 Å². The summed E-state index contributed by atoms with van der Waals surface area (Å²) in [5, 5.41) is 8.64. The standard InChI is InChI=1S/C23H21N5O2/c1-2-18-19(12-25-23(18)24-7-1)15-5-8-28(9-6-15)13-17-11-26-27-22(17)16-3-4-20-21(10-16)30-14-29-20/h1-5,7,10-12H,6,8-9,13-14H2,(H,24,25)(H,26,27). The van der Waals surface area contributed by atoms with Crippen LogP contribution in [0.1, 0.15) is 17.5 Å². The molecule has 0 fully saturated rings. The summed E-state index contributed by atoms with van der Waals surface area (Å²) in [6.45, 7) is 3.04. The van der Waals surface area contributed by atoms with E-state index in [9.17, 15) is 0 Å². The summed E-state index contributed by atoms with van der Waals surface area (Å²) in [6, 6.07) is 10.1. The van der Waals surface area contributed by atoms with E-state index < -0.39 is 0 Å². The Bertz CT molecular complexity index is 1260. The highest BCUT2D eigenvalue weighted by Gasteiger charge is 2.20. The molecule has 0 aliphatic carbocycles. The van der Waals surface area contributed by atoms with Gasteiger partial charge in [-0.3, -0.25) is 10.00 Å². The average molecular weight is 399 g/mol. The van der Waals surface area contributed by atoms with Gasteiger partial charge in [0.2, 0.25) is 6.79 Å². The fourth-order valence-electron chi connectivity index (χ4n) is 4.29. The van der Waals surface area contributed by atoms with Gasteiger partial charge in [0.1, 0.15) is 5.65 Å². The second kappa shape index (κ2) is 7.03. The first-order chi connectivity index (χ1) is 14.8. The number of fused-ring (bicyclic) bond motifs is 2. The van der Waals surface area contributed by atoms with Crippen molar-refractivity contribution in [3.05, 3.63) is 66.1 Å². The number of nitrogens with zero attached hydrogens (tertiary/aromatic N) is 3. The third-order valence-electron chi connectivity index (χ3n) is 5.86. The van der Waals surface area contributed by atoms with E-state index in [1.807, 2.05) is 36.7 Å². The minimum atomic E-state index is 0.281. The zero-order valence-corrected chi connectivity index (χ0v) is 16.4. The lowest BCUT2D eigenvalue weighted by Gasteiger charge is -2.26. The van der Waals surface area contributed by atoms with Crippen molar-refractivity contribution in [1.82, 2.24) is 25.1 Å². The molecule has 2 N–H and O–H groups in total. The summed E-state index contributed by atoms with van der Waals surface area (Å²) in [5.41, 5.74) is 6.87. The van der Waals surface area contributed by atoms with Crippen molar-refractivity contribution in [2.45, 2.75) is 13.0 Å². The Hall–Kier alpha value is -3.58. The summed E-state index contributed by atoms with van der Waals surface area (Å²) in [4.78, 5) is 10.1. The molecule has 0 spiro atoms. The molecule has 0 unspecified atom stereocenters. The quantitative estimate of drug-likeness (QED) is 0.543. The molecule has 3 aromatic heterocycles. The topological polar surface area (TPSA) is 79.1 Å². The Morgan fingerprint density at radius 3 is 3.03 bits per heavy atom. The second-order valence-corrected chi connectivity index (χ2v) is 7.65. The van der Waals surface area contributed by atoms with Crippen LogP contribution in [0, 0.1) is 0 Å². The SMILES string of the molecule is C1=C(c2c[nH]c3ncccc23)CCN(Cc2cn[nH]c2-c2ccc3c(c2)OCO3)C1. The molecule has 4 aromatic rings. The van der Waals surface area contributed by atoms with Gasteiger partial charge in [0.25, 0.3) is 0 Å². The van der Waals surface area contributed by atoms with Crippen molar-refractivity contribution in [1.29, 1.82) is 0 Å². The minimum Gasteiger partial charge on any atom is -0.454 e. The number of nitrogens with one attached hydrogen (secondary N) is 2. The maximum Gasteiger partial charge on any atom is 0.231 e. The number of ether oxygens (including phenoxy) is 2. The zero-order chi connectivity index (χ0) is 19.9. The largest absolute Gasteiger partial charge is 0.454 e. The molecule has 5 heterocycles. The second-order valence-electron chi connectivity index (χ2n) is 7.65. The highest BCUT2D eigenvalue weighted by Crippen LogP contribution is 2.36. The first-order valence-corrected chi connectivity index (χ1v) is 10.1. The molecule has 150 valence electrons. The van der Waals surface area contributed by atoms with Gasteiger partial charge < -0.3 is 14.5 Å². The van der Waals surface area contributed by atoms with E-state index in [0.29, 0.717) is 0 Å². The number of H-pyrrole nitrogens is 2. The van der Waals surface area contributed by atoms with Gasteiger partial charge in [0.15, 0.2) is 11.5 Å². The van der Waals surface area contributed by atoms with Crippen LogP contribution in [0.2, 0.25) is 0 Å². The van der Waals surface area contributed by atoms with Crippen molar-refractivity contribution < 1.29 is 9.47 Å². The lowest BCUT2D eigenvalue weighted by Crippen LogP contribution is -2.28. The van der Waals surface area contributed by atoms with Crippen LogP contribution in [-0.4, -0.2) is 44.9 Å². The van der Waals surface area contributed by atoms with Crippen LogP contribution < -0.4 is 9.47 Å². The van der Waals surface area contributed by atoms with Crippen molar-refractivity contribution in [2.75, 3.05) is 19.9 Å². The smallest absolute Gasteiger partial charge is 0.231 e. The Kier molecular flexibility index (Phi) is 4.06. The molecule has 30 heavy (non-hydrogen) atoms. The molecule has 7 nitrogen and oxygen atoms in total. The van der Waals surface area contributed by atoms with Gasteiger partial charge in [-0.2, -0.15) is 5.10 Å². The summed E-state index contributed by atoms with van der Waals surface area (Å²) in [7, 11) is 0. The van der Waals surface area contributed by atoms with E-state index in [0.717, 1.165) is 54.5 Å². The number of hydrogen-bond acceptors (Lipinski definition) is 5. The van der Waals surface area contributed by atoms with Gasteiger partial charge in [0.05, 0.1) is 11.9 Å². The molecular formula is C23H21N5O2. The fraction of sp³-hybridized carbons (Fsp3) is 0.217. The maximum absolute atomic E-state index is 5.52. The summed E-state index contributed by atoms with van der Waals surface area (Å²) < 4.78 is 10.9. The minimum absolute atomic E-state index is 0.281. The van der Waals surface area contributed by atoms with Crippen LogP contribution in [-0.2, 0) is 6.54 Å². The molecule has 0 amide bonds. The lowest BCUT2D eigenvalue weighted by molar-refractivity contribution is 0.174. The Morgan fingerprint density at radius 1 is 1.13 bits per heavy atom. The van der Waals surface area contributed by atoms with Gasteiger partial charge in [-0.1, -0.05) is 6.08 Å². The van der Waals surface area contributed by atoms with Crippen LogP contribution in [0.25, 0.3) is 27.9 Å². The summed E-state index contributed by atoms with van der Waals surface area (Å²) in [5.74, 6) is 1.58. The third-order valence-corrected chi connectivity index (χ3v) is 5.86. The number of aromatic amines is 2.